The van der Waals surface area contributed by atoms with Gasteiger partial charge in [0.1, 0.15) is 118 Å². The zero-order valence-corrected chi connectivity index (χ0v) is 95.3. The average Bonchev–Trinajstić information content (AvgIpc) is 0.813. The Morgan fingerprint density at radius 2 is 0.492 bits per heavy atom. The Morgan fingerprint density at radius 1 is 0.298 bits per heavy atom. The molecule has 4 aliphatic rings. The van der Waals surface area contributed by atoms with Crippen molar-refractivity contribution in [2.45, 2.75) is 458 Å². The van der Waals surface area contributed by atoms with Gasteiger partial charge >= 0.3 is 50.5 Å². The van der Waals surface area contributed by atoms with E-state index in [-0.39, 0.29) is 103 Å². The summed E-state index contributed by atoms with van der Waals surface area (Å²) in [6, 6.07) is 0. The summed E-state index contributed by atoms with van der Waals surface area (Å²) in [6.07, 6.45) is 29.7. The van der Waals surface area contributed by atoms with E-state index in [0.29, 0.717) is 132 Å². The summed E-state index contributed by atoms with van der Waals surface area (Å²) < 4.78 is 137. The van der Waals surface area contributed by atoms with E-state index in [2.05, 4.69) is 222 Å². The van der Waals surface area contributed by atoms with Gasteiger partial charge in [-0.15, -0.1) is 35.9 Å². The van der Waals surface area contributed by atoms with E-state index in [0.717, 1.165) is 219 Å². The van der Waals surface area contributed by atoms with Gasteiger partial charge in [-0.05, 0) is 103 Å². The fraction of sp³-hybridized carbons (Fsp3) is 0.958. The molecule has 0 spiro atoms. The van der Waals surface area contributed by atoms with Crippen LogP contribution in [-0.4, -0.2) is 268 Å². The molecule has 124 heavy (non-hydrogen) atoms. The number of halogens is 7. The van der Waals surface area contributed by atoms with Crippen LogP contribution in [0.4, 0.5) is 4.39 Å². The number of ether oxygens (including phenoxy) is 20. The van der Waals surface area contributed by atoms with Crippen LogP contribution in [0.2, 0.25) is 19.6 Å². The van der Waals surface area contributed by atoms with E-state index in [1.165, 1.54) is 0 Å². The molecule has 0 aromatic rings. The maximum atomic E-state index is 14.9. The molecule has 2 unspecified atom stereocenters. The van der Waals surface area contributed by atoms with Gasteiger partial charge in [0.2, 0.25) is 6.36 Å². The zero-order chi connectivity index (χ0) is 91.8. The molecule has 1 N–H and O–H groups in total. The van der Waals surface area contributed by atoms with Crippen molar-refractivity contribution in [2.24, 2.45) is 0 Å². The number of alkyl halides is 1. The van der Waals surface area contributed by atoms with Crippen LogP contribution >= 0.6 is 98.4 Å². The number of unbranched alkanes of at least 4 members (excludes halogenated alkanes) is 16. The molecule has 0 bridgehead atoms. The Balaban J connectivity index is -0.00000154. The van der Waals surface area contributed by atoms with Crippen molar-refractivity contribution in [1.29, 1.82) is 0 Å². The van der Waals surface area contributed by atoms with Gasteiger partial charge in [0, 0.05) is 143 Å². The van der Waals surface area contributed by atoms with Crippen LogP contribution in [0.25, 0.3) is 0 Å². The summed E-state index contributed by atoms with van der Waals surface area (Å²) >= 11 is 9.54. The third-order valence-electron chi connectivity index (χ3n) is 20.6. The summed E-state index contributed by atoms with van der Waals surface area (Å²) in [4.78, 5) is 0. The minimum absolute atomic E-state index is 0. The Bertz CT molecular complexity index is 2270. The van der Waals surface area contributed by atoms with Gasteiger partial charge < -0.3 is 99.8 Å². The first-order valence-corrected chi connectivity index (χ1v) is 70.9. The second-order valence-electron chi connectivity index (χ2n) is 33.0. The maximum absolute atomic E-state index is 14.9. The van der Waals surface area contributed by atoms with Crippen molar-refractivity contribution in [2.75, 3.05) is 132 Å². The third kappa shape index (κ3) is 62.6. The van der Waals surface area contributed by atoms with Crippen molar-refractivity contribution in [1.82, 2.24) is 0 Å². The molecule has 744 valence electrons. The van der Waals surface area contributed by atoms with Crippen molar-refractivity contribution < 1.29 is 117 Å². The van der Waals surface area contributed by atoms with E-state index in [1.807, 2.05) is 0 Å². The van der Waals surface area contributed by atoms with Crippen LogP contribution in [-0.2, 0) is 94.7 Å². The van der Waals surface area contributed by atoms with Crippen LogP contribution in [0.15, 0.2) is 0 Å². The number of hydrogen-bond donors (Lipinski definition) is 1. The first-order valence-electron chi connectivity index (χ1n) is 48.5. The number of aliphatic hydroxyl groups excluding tert-OH is 1. The summed E-state index contributed by atoms with van der Waals surface area (Å²) in [7, 11) is -1.56. The summed E-state index contributed by atoms with van der Waals surface area (Å²) in [5.41, 5.74) is 3.51. The molecular weight excluding hydrogens is 2290 g/mol. The molecule has 29 heteroatoms. The fourth-order valence-corrected chi connectivity index (χ4v) is 13.7. The van der Waals surface area contributed by atoms with Crippen molar-refractivity contribution in [3.8, 4) is 23.8 Å². The number of rotatable bonds is 68. The molecule has 4 rings (SSSR count). The molecule has 4 fully saturated rings. The average molecular weight is 2470 g/mol. The van der Waals surface area contributed by atoms with Crippen LogP contribution in [0, 0.1) is 23.8 Å². The second-order valence-corrected chi connectivity index (χ2v) is 54.0. The van der Waals surface area contributed by atoms with E-state index in [4.69, 9.17) is 101 Å². The molecule has 0 radical (unpaired) electrons. The Kier molecular flexibility index (Phi) is 98.7. The predicted molar refractivity (Wildman–Crippen MR) is 548 cm³/mol. The van der Waals surface area contributed by atoms with E-state index < -0.39 is 51.2 Å². The molecule has 4 aliphatic heterocycles. The summed E-state index contributed by atoms with van der Waals surface area (Å²) in [5.74, 6) is 6.23. The monoisotopic (exact) mass is 2470 g/mol. The minimum atomic E-state index is -1.56. The zero-order valence-electron chi connectivity index (χ0n) is 81.2. The van der Waals surface area contributed by atoms with Gasteiger partial charge in [-0.2, -0.15) is 0 Å². The predicted octanol–water partition coefficient (Wildman–Crippen LogP) is 21.1. The molecule has 0 saturated carbocycles. The van der Waals surface area contributed by atoms with Crippen molar-refractivity contribution in [3.05, 3.63) is 0 Å². The molecule has 0 aliphatic carbocycles. The molecule has 0 amide bonds. The molecule has 20 atom stereocenters. The molecule has 0 aromatic carbocycles. The van der Waals surface area contributed by atoms with Gasteiger partial charge in [0.05, 0.1) is 26.4 Å². The Morgan fingerprint density at radius 3 is 0.750 bits per heavy atom. The number of hydrogen-bond acceptors (Lipinski definition) is 21. The standard InChI is InChI=1S/C27H52O5Si.C24H44O5.C22H43FO5.C22H44O6.I3.I2.HI/c1-8-12-17-28-22-24-26(30-19-14-10-3)27(31-20-15-11-4)25(29-18-13-9-2)23(32-24)16-21-33(5,6)7;1-6-11-15-25-19-21-23(27-17-13-8-3)24(28-18-14-9-4)22(20(10-5)29-21)26-16-12-7-2;2*1-5-9-13-24-17-18-19(25-14-10-6-2)20(26-15-11-7-3)21(22(23)28-18)27-16-12-8-4;1-3-2;1-2;/h23-27H,8-15,17-20,22H2,1-7H3;5,20-24H,6-9,11-19H2,1-4H3;18-22H,5-17H2,1-4H3;18-23H,5-17H2,1-4H3;;;1H/q;;;;-1;;/t23-,24-,25-,26-,27-;20-,21-,22-,23-,24-;2*18-,19-,20+,21+,22?;;;/m1111.../s1. The normalized spacial score (nSPS) is 26.0. The van der Waals surface area contributed by atoms with E-state index >= 15 is 0 Å². The van der Waals surface area contributed by atoms with Gasteiger partial charge in [0.15, 0.2) is 6.29 Å². The first-order chi connectivity index (χ1) is 59.9. The van der Waals surface area contributed by atoms with Crippen molar-refractivity contribution >= 4 is 107 Å². The quantitative estimate of drug-likeness (QED) is 0.0260. The van der Waals surface area contributed by atoms with Gasteiger partial charge in [-0.25, -0.2) is 4.39 Å². The van der Waals surface area contributed by atoms with Gasteiger partial charge in [0.25, 0.3) is 0 Å². The molecule has 21 nitrogen and oxygen atoms in total. The number of aliphatic hydroxyl groups is 1. The third-order valence-corrected chi connectivity index (χ3v) is 21.5. The van der Waals surface area contributed by atoms with Crippen LogP contribution < -0.4 is 13.3 Å². The summed E-state index contributed by atoms with van der Waals surface area (Å²) in [5, 5.41) is 10.6. The van der Waals surface area contributed by atoms with E-state index in [9.17, 15) is 9.50 Å². The van der Waals surface area contributed by atoms with E-state index in [1.54, 1.807) is 0 Å². The summed E-state index contributed by atoms with van der Waals surface area (Å²) in [6.45, 7) is 53.1. The molecular formula is C95H184FI6O21Si-. The van der Waals surface area contributed by atoms with Crippen LogP contribution in [0.3, 0.4) is 0 Å². The number of terminal acetylenes is 1. The first kappa shape index (κ1) is 131. The molecule has 4 saturated heterocycles. The molecule has 4 heterocycles. The van der Waals surface area contributed by atoms with Crippen LogP contribution in [0.5, 0.6) is 0 Å². The van der Waals surface area contributed by atoms with Gasteiger partial charge in [-0.1, -0.05) is 245 Å². The van der Waals surface area contributed by atoms with Gasteiger partial charge in [-0.3, -0.25) is 0 Å². The topological polar surface area (TPSA) is 205 Å². The molecule has 0 aromatic heterocycles. The van der Waals surface area contributed by atoms with Crippen LogP contribution in [0.1, 0.15) is 316 Å². The fourth-order valence-electron chi connectivity index (χ4n) is 13.1. The SMILES string of the molecule is C#C[C@H]1O[C@H](COCCCC)[C@@H](OCCCC)[C@H](OCCCC)[C@@H]1OCCCC.CCCCOC[C@H]1OC(F)[C@@H](OCCCC)[C@@H](OCCCC)[C@@H]1OCCCC.CCCCOC[C@H]1OC(O)[C@@H](OCCCC)[C@@H](OCCCC)[C@@H]1OCCCC.CCCCOC[C@H]1O[C@H](C#C[Si](C)(C)C)[C@@H](OCCCC)[C@@H](OCCCC)[C@@H]1OCCCC.I.II.I[I-]I. The Hall–Kier alpha value is 2.81. The second kappa shape index (κ2) is 93.5. The Labute approximate surface area is 829 Å². The van der Waals surface area contributed by atoms with Crippen molar-refractivity contribution in [3.63, 3.8) is 0 Å².